The van der Waals surface area contributed by atoms with Crippen molar-refractivity contribution in [2.75, 3.05) is 0 Å². The second kappa shape index (κ2) is 8.13. The lowest BCUT2D eigenvalue weighted by atomic mass is 9.88. The largest absolute Gasteiger partial charge is 0.244 e. The van der Waals surface area contributed by atoms with Crippen LogP contribution in [0, 0.1) is 5.92 Å². The number of alkyl halides is 1. The molecular weight excluding hydrogens is 187 g/mol. The molecule has 0 nitrogen and oxygen atoms in total. The molecule has 2 atom stereocenters. The molecule has 0 aromatic carbocycles. The van der Waals surface area contributed by atoms with Crippen LogP contribution in [0.5, 0.6) is 0 Å². The van der Waals surface area contributed by atoms with Gasteiger partial charge in [0, 0.05) is 0 Å². The van der Waals surface area contributed by atoms with Crippen LogP contribution >= 0.6 is 0 Å². The summed E-state index contributed by atoms with van der Waals surface area (Å²) in [5.41, 5.74) is -0.919. The van der Waals surface area contributed by atoms with Crippen LogP contribution in [0.15, 0.2) is 0 Å². The average molecular weight is 216 g/mol. The van der Waals surface area contributed by atoms with Gasteiger partial charge in [-0.25, -0.2) is 4.39 Å². The molecule has 0 amide bonds. The van der Waals surface area contributed by atoms with E-state index in [0.29, 0.717) is 0 Å². The first-order chi connectivity index (χ1) is 7.05. The monoisotopic (exact) mass is 216 g/mol. The minimum Gasteiger partial charge on any atom is -0.244 e. The number of unbranched alkanes of at least 4 members (excludes halogenated alkanes) is 1. The average Bonchev–Trinajstić information content (AvgIpc) is 2.21. The Morgan fingerprint density at radius 1 is 1.00 bits per heavy atom. The first-order valence-electron chi connectivity index (χ1n) is 6.74. The predicted octanol–water partition coefficient (Wildman–Crippen LogP) is 5.51. The quantitative estimate of drug-likeness (QED) is 0.476. The lowest BCUT2D eigenvalue weighted by molar-refractivity contribution is 0.143. The molecule has 1 heteroatoms. The number of hydrogen-bond donors (Lipinski definition) is 0. The van der Waals surface area contributed by atoms with Crippen LogP contribution in [0.1, 0.15) is 79.1 Å². The summed E-state index contributed by atoms with van der Waals surface area (Å²) in [6, 6.07) is 0. The maximum atomic E-state index is 14.0. The SMILES string of the molecule is CCCCC(C)(F)CCC(CC)CCC. The highest BCUT2D eigenvalue weighted by Gasteiger charge is 2.23. The molecule has 0 aromatic rings. The standard InChI is InChI=1S/C14H29F/c1-5-8-11-14(4,15)12-10-13(7-3)9-6-2/h13H,5-12H2,1-4H3. The van der Waals surface area contributed by atoms with Crippen LogP contribution in [0.2, 0.25) is 0 Å². The maximum Gasteiger partial charge on any atom is 0.108 e. The highest BCUT2D eigenvalue weighted by atomic mass is 19.1. The first kappa shape index (κ1) is 14.9. The normalized spacial score (nSPS) is 17.4. The fourth-order valence-corrected chi connectivity index (χ4v) is 2.14. The van der Waals surface area contributed by atoms with Crippen LogP contribution in [0.4, 0.5) is 4.39 Å². The summed E-state index contributed by atoms with van der Waals surface area (Å²) in [4.78, 5) is 0. The van der Waals surface area contributed by atoms with Crippen molar-refractivity contribution in [1.82, 2.24) is 0 Å². The molecule has 0 aromatic heterocycles. The minimum atomic E-state index is -0.919. The van der Waals surface area contributed by atoms with Gasteiger partial charge in [0.25, 0.3) is 0 Å². The fraction of sp³-hybridized carbons (Fsp3) is 1.00. The number of rotatable bonds is 9. The van der Waals surface area contributed by atoms with E-state index in [1.54, 1.807) is 6.92 Å². The molecule has 0 bridgehead atoms. The zero-order chi connectivity index (χ0) is 11.7. The van der Waals surface area contributed by atoms with Crippen molar-refractivity contribution >= 4 is 0 Å². The highest BCUT2D eigenvalue weighted by molar-refractivity contribution is 4.74. The Hall–Kier alpha value is -0.0700. The van der Waals surface area contributed by atoms with Gasteiger partial charge in [-0.05, 0) is 32.1 Å². The van der Waals surface area contributed by atoms with Gasteiger partial charge in [-0.3, -0.25) is 0 Å². The van der Waals surface area contributed by atoms with E-state index in [2.05, 4.69) is 20.8 Å². The van der Waals surface area contributed by atoms with Gasteiger partial charge >= 0.3 is 0 Å². The molecule has 92 valence electrons. The van der Waals surface area contributed by atoms with Crippen LogP contribution in [-0.4, -0.2) is 5.67 Å². The van der Waals surface area contributed by atoms with Gasteiger partial charge in [0.05, 0.1) is 0 Å². The van der Waals surface area contributed by atoms with E-state index in [4.69, 9.17) is 0 Å². The molecule has 0 saturated heterocycles. The van der Waals surface area contributed by atoms with Crippen LogP contribution < -0.4 is 0 Å². The Kier molecular flexibility index (Phi) is 8.09. The third-order valence-electron chi connectivity index (χ3n) is 3.40. The molecule has 0 aliphatic carbocycles. The summed E-state index contributed by atoms with van der Waals surface area (Å²) in [6.45, 7) is 8.35. The Morgan fingerprint density at radius 3 is 2.13 bits per heavy atom. The summed E-state index contributed by atoms with van der Waals surface area (Å²) < 4.78 is 14.0. The second-order valence-electron chi connectivity index (χ2n) is 5.12. The fourth-order valence-electron chi connectivity index (χ4n) is 2.14. The third kappa shape index (κ3) is 7.81. The van der Waals surface area contributed by atoms with E-state index in [-0.39, 0.29) is 0 Å². The highest BCUT2D eigenvalue weighted by Crippen LogP contribution is 2.28. The predicted molar refractivity (Wildman–Crippen MR) is 67.0 cm³/mol. The summed E-state index contributed by atoms with van der Waals surface area (Å²) in [5, 5.41) is 0. The first-order valence-corrected chi connectivity index (χ1v) is 6.74. The molecule has 0 N–H and O–H groups in total. The zero-order valence-electron chi connectivity index (χ0n) is 11.1. The van der Waals surface area contributed by atoms with Crippen LogP contribution in [-0.2, 0) is 0 Å². The van der Waals surface area contributed by atoms with Gasteiger partial charge in [-0.15, -0.1) is 0 Å². The number of hydrogen-bond acceptors (Lipinski definition) is 0. The zero-order valence-corrected chi connectivity index (χ0v) is 11.1. The lowest BCUT2D eigenvalue weighted by Gasteiger charge is -2.23. The summed E-state index contributed by atoms with van der Waals surface area (Å²) in [6.07, 6.45) is 8.40. The van der Waals surface area contributed by atoms with Crippen molar-refractivity contribution in [1.29, 1.82) is 0 Å². The van der Waals surface area contributed by atoms with Crippen molar-refractivity contribution in [2.45, 2.75) is 84.7 Å². The smallest absolute Gasteiger partial charge is 0.108 e. The molecule has 0 aliphatic rings. The summed E-state index contributed by atoms with van der Waals surface area (Å²) in [5.74, 6) is 0.742. The van der Waals surface area contributed by atoms with Gasteiger partial charge in [-0.1, -0.05) is 52.9 Å². The Bertz CT molecular complexity index is 140. The molecule has 15 heavy (non-hydrogen) atoms. The minimum absolute atomic E-state index is 0.742. The Labute approximate surface area is 95.6 Å². The van der Waals surface area contributed by atoms with Gasteiger partial charge in [0.1, 0.15) is 5.67 Å². The van der Waals surface area contributed by atoms with Gasteiger partial charge < -0.3 is 0 Å². The van der Waals surface area contributed by atoms with Gasteiger partial charge in [-0.2, -0.15) is 0 Å². The summed E-state index contributed by atoms with van der Waals surface area (Å²) in [7, 11) is 0. The van der Waals surface area contributed by atoms with Crippen molar-refractivity contribution in [3.8, 4) is 0 Å². The van der Waals surface area contributed by atoms with Gasteiger partial charge in [0.2, 0.25) is 0 Å². The van der Waals surface area contributed by atoms with E-state index < -0.39 is 5.67 Å². The summed E-state index contributed by atoms with van der Waals surface area (Å²) >= 11 is 0. The molecular formula is C14H29F. The second-order valence-corrected chi connectivity index (χ2v) is 5.12. The maximum absolute atomic E-state index is 14.0. The van der Waals surface area contributed by atoms with Crippen LogP contribution in [0.3, 0.4) is 0 Å². The Balaban J connectivity index is 3.78. The molecule has 0 heterocycles. The van der Waals surface area contributed by atoms with E-state index in [1.807, 2.05) is 0 Å². The molecule has 0 spiro atoms. The van der Waals surface area contributed by atoms with E-state index >= 15 is 0 Å². The van der Waals surface area contributed by atoms with Crippen molar-refractivity contribution < 1.29 is 4.39 Å². The lowest BCUT2D eigenvalue weighted by Crippen LogP contribution is -2.19. The molecule has 0 saturated carbocycles. The van der Waals surface area contributed by atoms with Crippen molar-refractivity contribution in [2.24, 2.45) is 5.92 Å². The van der Waals surface area contributed by atoms with E-state index in [0.717, 1.165) is 38.0 Å². The molecule has 0 radical (unpaired) electrons. The van der Waals surface area contributed by atoms with E-state index in [1.165, 1.54) is 19.3 Å². The van der Waals surface area contributed by atoms with Gasteiger partial charge in [0.15, 0.2) is 0 Å². The molecule has 2 unspecified atom stereocenters. The molecule has 0 fully saturated rings. The topological polar surface area (TPSA) is 0 Å². The molecule has 0 aliphatic heterocycles. The van der Waals surface area contributed by atoms with Crippen molar-refractivity contribution in [3.05, 3.63) is 0 Å². The molecule has 0 rings (SSSR count). The third-order valence-corrected chi connectivity index (χ3v) is 3.40. The Morgan fingerprint density at radius 2 is 1.67 bits per heavy atom. The number of halogens is 1. The van der Waals surface area contributed by atoms with Crippen molar-refractivity contribution in [3.63, 3.8) is 0 Å². The van der Waals surface area contributed by atoms with Crippen LogP contribution in [0.25, 0.3) is 0 Å². The van der Waals surface area contributed by atoms with E-state index in [9.17, 15) is 4.39 Å².